The molecule has 1 unspecified atom stereocenters. The van der Waals surface area contributed by atoms with Crippen LogP contribution in [-0.4, -0.2) is 53.0 Å². The lowest BCUT2D eigenvalue weighted by molar-refractivity contribution is -0.0369. The number of likely N-dealkylation sites (N-methyl/N-ethyl adjacent to an activating group) is 1. The van der Waals surface area contributed by atoms with Gasteiger partial charge in [0.05, 0.1) is 23.6 Å². The smallest absolute Gasteiger partial charge is 0.220 e. The summed E-state index contributed by atoms with van der Waals surface area (Å²) in [5, 5.41) is 13.0. The van der Waals surface area contributed by atoms with E-state index >= 15 is 4.39 Å². The molecule has 3 aromatic rings. The largest absolute Gasteiger partial charge is 0.473 e. The molecule has 0 saturated carbocycles. The number of hydrogen-bond acceptors (Lipinski definition) is 6. The van der Waals surface area contributed by atoms with Crippen molar-refractivity contribution in [1.29, 1.82) is 0 Å². The Bertz CT molecular complexity index is 1130. The van der Waals surface area contributed by atoms with Gasteiger partial charge in [-0.25, -0.2) is 13.8 Å². The van der Waals surface area contributed by atoms with Crippen molar-refractivity contribution in [1.82, 2.24) is 24.9 Å². The summed E-state index contributed by atoms with van der Waals surface area (Å²) in [4.78, 5) is 0. The number of methoxy groups -OCH3 is 1. The summed E-state index contributed by atoms with van der Waals surface area (Å²) >= 11 is 0. The van der Waals surface area contributed by atoms with E-state index in [0.717, 1.165) is 19.3 Å². The molecule has 1 fully saturated rings. The Morgan fingerprint density at radius 1 is 1.36 bits per heavy atom. The van der Waals surface area contributed by atoms with Gasteiger partial charge < -0.3 is 19.5 Å². The Morgan fingerprint density at radius 3 is 2.85 bits per heavy atom. The Labute approximate surface area is 193 Å². The van der Waals surface area contributed by atoms with Gasteiger partial charge in [0.15, 0.2) is 6.23 Å². The molecule has 178 valence electrons. The summed E-state index contributed by atoms with van der Waals surface area (Å²) < 4.78 is 36.5. The van der Waals surface area contributed by atoms with E-state index in [9.17, 15) is 0 Å². The Hall–Kier alpha value is -2.75. The van der Waals surface area contributed by atoms with Crippen molar-refractivity contribution in [3.8, 4) is 17.0 Å². The first-order valence-electron chi connectivity index (χ1n) is 11.3. The minimum atomic E-state index is -0.376. The maximum absolute atomic E-state index is 15.7. The minimum absolute atomic E-state index is 0.108. The SMILES string of the molecule is C=Cc1nn(C2CCCCO2)c2c(F)cc(-c3c(COC)nn(C)c3O[C@@H](C)CNC)cc12. The molecule has 3 heterocycles. The number of benzene rings is 1. The highest BCUT2D eigenvalue weighted by Crippen LogP contribution is 2.39. The molecular formula is C24H32FN5O3. The van der Waals surface area contributed by atoms with Crippen LogP contribution in [0.25, 0.3) is 28.1 Å². The monoisotopic (exact) mass is 457 g/mol. The highest BCUT2D eigenvalue weighted by molar-refractivity contribution is 5.92. The lowest BCUT2D eigenvalue weighted by atomic mass is 10.0. The molecule has 1 aromatic carbocycles. The summed E-state index contributed by atoms with van der Waals surface area (Å²) in [6, 6.07) is 3.44. The second kappa shape index (κ2) is 10.0. The fourth-order valence-electron chi connectivity index (χ4n) is 4.41. The standard InChI is InChI=1S/C24H32FN5O3/c1-6-19-17-11-16(12-18(25)23(17)30(28-19)21-9-7-8-10-32-21)22-20(14-31-5)27-29(4)24(22)33-15(2)13-26-3/h6,11-12,15,21,26H,1,7-10,13-14H2,2-5H3/t15-,21?/m0/s1. The summed E-state index contributed by atoms with van der Waals surface area (Å²) in [7, 11) is 5.29. The second-order valence-corrected chi connectivity index (χ2v) is 8.38. The number of hydrogen-bond donors (Lipinski definition) is 1. The van der Waals surface area contributed by atoms with Crippen LogP contribution < -0.4 is 10.1 Å². The summed E-state index contributed by atoms with van der Waals surface area (Å²) in [5.74, 6) is 0.186. The number of nitrogens with one attached hydrogen (secondary N) is 1. The van der Waals surface area contributed by atoms with E-state index in [4.69, 9.17) is 14.2 Å². The predicted octanol–water partition coefficient (Wildman–Crippen LogP) is 4.05. The van der Waals surface area contributed by atoms with Gasteiger partial charge in [0.1, 0.15) is 17.4 Å². The van der Waals surface area contributed by atoms with Crippen molar-refractivity contribution >= 4 is 17.0 Å². The van der Waals surface area contributed by atoms with Gasteiger partial charge in [-0.15, -0.1) is 0 Å². The molecule has 0 spiro atoms. The quantitative estimate of drug-likeness (QED) is 0.523. The first kappa shape index (κ1) is 23.4. The molecule has 2 aromatic heterocycles. The van der Waals surface area contributed by atoms with Gasteiger partial charge in [-0.2, -0.15) is 10.2 Å². The van der Waals surface area contributed by atoms with E-state index in [-0.39, 0.29) is 24.8 Å². The molecule has 1 aliphatic heterocycles. The molecule has 1 N–H and O–H groups in total. The van der Waals surface area contributed by atoms with Gasteiger partial charge >= 0.3 is 0 Å². The van der Waals surface area contributed by atoms with E-state index in [1.54, 1.807) is 22.5 Å². The van der Waals surface area contributed by atoms with Gasteiger partial charge in [-0.05, 0) is 57.0 Å². The lowest BCUT2D eigenvalue weighted by Crippen LogP contribution is -2.27. The molecule has 9 heteroatoms. The first-order valence-corrected chi connectivity index (χ1v) is 11.3. The number of fused-ring (bicyclic) bond motifs is 1. The van der Waals surface area contributed by atoms with Crippen LogP contribution in [0.3, 0.4) is 0 Å². The summed E-state index contributed by atoms with van der Waals surface area (Å²) in [6.07, 6.45) is 4.10. The van der Waals surface area contributed by atoms with Crippen LogP contribution in [0, 0.1) is 5.82 Å². The Morgan fingerprint density at radius 2 is 2.18 bits per heavy atom. The molecule has 33 heavy (non-hydrogen) atoms. The summed E-state index contributed by atoms with van der Waals surface area (Å²) in [5.41, 5.74) is 3.07. The van der Waals surface area contributed by atoms with E-state index in [0.29, 0.717) is 52.4 Å². The fourth-order valence-corrected chi connectivity index (χ4v) is 4.41. The molecule has 1 aliphatic rings. The topological polar surface area (TPSA) is 75.4 Å². The van der Waals surface area contributed by atoms with Crippen molar-refractivity contribution in [2.45, 2.75) is 45.1 Å². The third-order valence-electron chi connectivity index (χ3n) is 5.85. The molecule has 2 atom stereocenters. The average Bonchev–Trinajstić information content (AvgIpc) is 3.32. The third kappa shape index (κ3) is 4.53. The van der Waals surface area contributed by atoms with Crippen LogP contribution in [0.4, 0.5) is 4.39 Å². The van der Waals surface area contributed by atoms with Crippen LogP contribution >= 0.6 is 0 Å². The third-order valence-corrected chi connectivity index (χ3v) is 5.85. The molecule has 0 radical (unpaired) electrons. The molecular weight excluding hydrogens is 425 g/mol. The zero-order chi connectivity index (χ0) is 23.5. The Balaban J connectivity index is 1.87. The first-order chi connectivity index (χ1) is 16.0. The van der Waals surface area contributed by atoms with Crippen molar-refractivity contribution in [2.75, 3.05) is 27.3 Å². The van der Waals surface area contributed by atoms with E-state index in [2.05, 4.69) is 22.1 Å². The number of aryl methyl sites for hydroxylation is 1. The number of ether oxygens (including phenoxy) is 3. The average molecular weight is 458 g/mol. The maximum Gasteiger partial charge on any atom is 0.220 e. The Kier molecular flexibility index (Phi) is 7.11. The van der Waals surface area contributed by atoms with Crippen LogP contribution in [0.1, 0.15) is 43.8 Å². The van der Waals surface area contributed by atoms with Crippen molar-refractivity contribution in [3.05, 3.63) is 35.9 Å². The highest BCUT2D eigenvalue weighted by atomic mass is 19.1. The van der Waals surface area contributed by atoms with Gasteiger partial charge in [-0.3, -0.25) is 0 Å². The molecule has 0 bridgehead atoms. The van der Waals surface area contributed by atoms with Crippen molar-refractivity contribution in [2.24, 2.45) is 7.05 Å². The van der Waals surface area contributed by atoms with Gasteiger partial charge in [0.25, 0.3) is 0 Å². The van der Waals surface area contributed by atoms with Crippen molar-refractivity contribution in [3.63, 3.8) is 0 Å². The zero-order valence-electron chi connectivity index (χ0n) is 19.7. The van der Waals surface area contributed by atoms with Crippen LogP contribution in [0.15, 0.2) is 18.7 Å². The van der Waals surface area contributed by atoms with E-state index in [1.165, 1.54) is 6.07 Å². The van der Waals surface area contributed by atoms with E-state index < -0.39 is 0 Å². The molecule has 0 amide bonds. The zero-order valence-corrected chi connectivity index (χ0v) is 19.7. The molecule has 0 aliphatic carbocycles. The normalized spacial score (nSPS) is 17.4. The number of rotatable bonds is 9. The number of aromatic nitrogens is 4. The number of nitrogens with zero attached hydrogens (tertiary/aromatic N) is 4. The molecule has 1 saturated heterocycles. The highest BCUT2D eigenvalue weighted by Gasteiger charge is 2.26. The lowest BCUT2D eigenvalue weighted by Gasteiger charge is -2.23. The van der Waals surface area contributed by atoms with Crippen LogP contribution in [0.2, 0.25) is 0 Å². The predicted molar refractivity (Wildman–Crippen MR) is 126 cm³/mol. The van der Waals surface area contributed by atoms with Gasteiger partial charge in [0.2, 0.25) is 5.88 Å². The van der Waals surface area contributed by atoms with E-state index in [1.807, 2.05) is 27.1 Å². The minimum Gasteiger partial charge on any atom is -0.473 e. The molecule has 8 nitrogen and oxygen atoms in total. The van der Waals surface area contributed by atoms with Crippen molar-refractivity contribution < 1.29 is 18.6 Å². The van der Waals surface area contributed by atoms with Crippen LogP contribution in [0.5, 0.6) is 5.88 Å². The van der Waals surface area contributed by atoms with Gasteiger partial charge in [0, 0.05) is 32.7 Å². The fraction of sp³-hybridized carbons (Fsp3) is 0.500. The molecule has 4 rings (SSSR count). The van der Waals surface area contributed by atoms with Crippen LogP contribution in [-0.2, 0) is 23.1 Å². The van der Waals surface area contributed by atoms with Gasteiger partial charge in [-0.1, -0.05) is 6.58 Å². The maximum atomic E-state index is 15.7. The number of halogens is 1. The second-order valence-electron chi connectivity index (χ2n) is 8.38. The summed E-state index contributed by atoms with van der Waals surface area (Å²) in [6.45, 7) is 7.44.